The molecule has 186 valence electrons. The number of rotatable bonds is 12. The molecule has 1 heterocycles. The lowest BCUT2D eigenvalue weighted by atomic mass is 10.0. The van der Waals surface area contributed by atoms with Gasteiger partial charge in [0.05, 0.1) is 16.6 Å². The van der Waals surface area contributed by atoms with Crippen LogP contribution in [0.25, 0.3) is 0 Å². The second-order valence-electron chi connectivity index (χ2n) is 8.45. The Morgan fingerprint density at radius 3 is 2.31 bits per heavy atom. The molecule has 3 rings (SSSR count). The molecule has 2 aromatic carbocycles. The largest absolute Gasteiger partial charge is 0.354 e. The van der Waals surface area contributed by atoms with Gasteiger partial charge in [0.25, 0.3) is 0 Å². The topological polar surface area (TPSA) is 54.3 Å². The van der Waals surface area contributed by atoms with E-state index in [1.54, 1.807) is 24.3 Å². The monoisotopic (exact) mass is 513 g/mol. The molecule has 1 aromatic heterocycles. The maximum atomic E-state index is 13.5. The Morgan fingerprint density at radius 1 is 0.971 bits per heavy atom. The van der Waals surface area contributed by atoms with E-state index in [1.807, 2.05) is 47.9 Å². The Hall–Kier alpha value is -2.60. The standard InChI is InChI=1S/C28H33Cl2N3O2/c1-4-22(28(35)31-16-17-32(5-2)6-3)25-14-15-26(33(25)19-20-10-8-7-9-11-20)27(34)23-13-12-21(29)18-24(23)30/h7-15,18,22H,4-6,16-17,19H2,1-3H3,(H,31,35). The van der Waals surface area contributed by atoms with Crippen LogP contribution in [0.3, 0.4) is 0 Å². The molecular formula is C28H33Cl2N3O2. The van der Waals surface area contributed by atoms with E-state index in [4.69, 9.17) is 23.2 Å². The normalized spacial score (nSPS) is 12.1. The number of ketones is 1. The van der Waals surface area contributed by atoms with Gasteiger partial charge in [0.1, 0.15) is 0 Å². The van der Waals surface area contributed by atoms with Gasteiger partial charge in [0.2, 0.25) is 11.7 Å². The molecule has 35 heavy (non-hydrogen) atoms. The minimum atomic E-state index is -0.377. The van der Waals surface area contributed by atoms with Crippen molar-refractivity contribution in [1.29, 1.82) is 0 Å². The predicted molar refractivity (Wildman–Crippen MR) is 144 cm³/mol. The first kappa shape index (κ1) is 27.0. The van der Waals surface area contributed by atoms with E-state index in [0.717, 1.165) is 30.9 Å². The highest BCUT2D eigenvalue weighted by atomic mass is 35.5. The fourth-order valence-corrected chi connectivity index (χ4v) is 4.76. The molecule has 0 bridgehead atoms. The lowest BCUT2D eigenvalue weighted by Crippen LogP contribution is -2.37. The summed E-state index contributed by atoms with van der Waals surface area (Å²) >= 11 is 12.4. The summed E-state index contributed by atoms with van der Waals surface area (Å²) in [6.45, 7) is 9.97. The smallest absolute Gasteiger partial charge is 0.229 e. The van der Waals surface area contributed by atoms with Crippen molar-refractivity contribution in [2.45, 2.75) is 39.7 Å². The van der Waals surface area contributed by atoms with Crippen LogP contribution in [0.15, 0.2) is 60.7 Å². The lowest BCUT2D eigenvalue weighted by Gasteiger charge is -2.22. The fraction of sp³-hybridized carbons (Fsp3) is 0.357. The molecule has 0 fully saturated rings. The van der Waals surface area contributed by atoms with E-state index in [-0.39, 0.29) is 17.6 Å². The molecule has 1 amide bonds. The molecule has 3 aromatic rings. The minimum Gasteiger partial charge on any atom is -0.354 e. The number of carbonyl (C=O) groups excluding carboxylic acids is 2. The van der Waals surface area contributed by atoms with Crippen LogP contribution in [0.2, 0.25) is 10.0 Å². The van der Waals surface area contributed by atoms with E-state index in [1.165, 1.54) is 0 Å². The lowest BCUT2D eigenvalue weighted by molar-refractivity contribution is -0.122. The van der Waals surface area contributed by atoms with Crippen molar-refractivity contribution in [2.75, 3.05) is 26.2 Å². The van der Waals surface area contributed by atoms with E-state index in [0.29, 0.717) is 40.8 Å². The van der Waals surface area contributed by atoms with Gasteiger partial charge in [-0.05, 0) is 55.4 Å². The molecule has 0 saturated heterocycles. The number of benzene rings is 2. The Balaban J connectivity index is 1.94. The maximum Gasteiger partial charge on any atom is 0.229 e. The average Bonchev–Trinajstić information content (AvgIpc) is 3.25. The highest BCUT2D eigenvalue weighted by molar-refractivity contribution is 6.37. The highest BCUT2D eigenvalue weighted by Crippen LogP contribution is 2.28. The number of nitrogens with one attached hydrogen (secondary N) is 1. The van der Waals surface area contributed by atoms with Crippen molar-refractivity contribution in [1.82, 2.24) is 14.8 Å². The molecule has 0 aliphatic heterocycles. The van der Waals surface area contributed by atoms with E-state index in [9.17, 15) is 9.59 Å². The van der Waals surface area contributed by atoms with Gasteiger partial charge in [-0.15, -0.1) is 0 Å². The molecule has 0 aliphatic rings. The van der Waals surface area contributed by atoms with Crippen molar-refractivity contribution in [3.63, 3.8) is 0 Å². The molecule has 7 heteroatoms. The summed E-state index contributed by atoms with van der Waals surface area (Å²) < 4.78 is 1.95. The van der Waals surface area contributed by atoms with Crippen molar-refractivity contribution >= 4 is 34.9 Å². The first-order chi connectivity index (χ1) is 16.9. The molecule has 5 nitrogen and oxygen atoms in total. The third-order valence-electron chi connectivity index (χ3n) is 6.31. The number of amides is 1. The van der Waals surface area contributed by atoms with Crippen LogP contribution in [-0.4, -0.2) is 47.3 Å². The van der Waals surface area contributed by atoms with Gasteiger partial charge in [0.15, 0.2) is 0 Å². The van der Waals surface area contributed by atoms with Crippen LogP contribution < -0.4 is 5.32 Å². The number of aromatic nitrogens is 1. The second kappa shape index (κ2) is 12.9. The Bertz CT molecular complexity index is 1140. The van der Waals surface area contributed by atoms with Crippen LogP contribution >= 0.6 is 23.2 Å². The first-order valence-corrected chi connectivity index (χ1v) is 12.9. The maximum absolute atomic E-state index is 13.5. The summed E-state index contributed by atoms with van der Waals surface area (Å²) in [6.07, 6.45) is 0.616. The Kier molecular flexibility index (Phi) is 9.96. The average molecular weight is 514 g/mol. The molecular weight excluding hydrogens is 481 g/mol. The van der Waals surface area contributed by atoms with Crippen LogP contribution in [0.4, 0.5) is 0 Å². The van der Waals surface area contributed by atoms with E-state index >= 15 is 0 Å². The number of halogens is 2. The summed E-state index contributed by atoms with van der Waals surface area (Å²) in [7, 11) is 0. The quantitative estimate of drug-likeness (QED) is 0.301. The van der Waals surface area contributed by atoms with Crippen LogP contribution in [-0.2, 0) is 11.3 Å². The zero-order valence-corrected chi connectivity index (χ0v) is 22.1. The third-order valence-corrected chi connectivity index (χ3v) is 6.86. The molecule has 0 saturated carbocycles. The summed E-state index contributed by atoms with van der Waals surface area (Å²) in [5.41, 5.74) is 2.72. The van der Waals surface area contributed by atoms with Gasteiger partial charge in [-0.3, -0.25) is 9.59 Å². The first-order valence-electron chi connectivity index (χ1n) is 12.1. The van der Waals surface area contributed by atoms with Gasteiger partial charge in [-0.25, -0.2) is 0 Å². The second-order valence-corrected chi connectivity index (χ2v) is 9.29. The zero-order valence-electron chi connectivity index (χ0n) is 20.6. The molecule has 1 atom stereocenters. The van der Waals surface area contributed by atoms with Crippen LogP contribution in [0, 0.1) is 0 Å². The minimum absolute atomic E-state index is 0.0319. The number of carbonyl (C=O) groups is 2. The summed E-state index contributed by atoms with van der Waals surface area (Å²) in [6, 6.07) is 18.5. The third kappa shape index (κ3) is 6.75. The Labute approximate surface area is 218 Å². The van der Waals surface area contributed by atoms with Crippen LogP contribution in [0.1, 0.15) is 60.4 Å². The zero-order chi connectivity index (χ0) is 25.4. The Morgan fingerprint density at radius 2 is 1.69 bits per heavy atom. The SMILES string of the molecule is CCC(C(=O)NCCN(CC)CC)c1ccc(C(=O)c2ccc(Cl)cc2Cl)n1Cc1ccccc1. The van der Waals surface area contributed by atoms with Crippen molar-refractivity contribution < 1.29 is 9.59 Å². The van der Waals surface area contributed by atoms with E-state index in [2.05, 4.69) is 24.1 Å². The molecule has 0 radical (unpaired) electrons. The highest BCUT2D eigenvalue weighted by Gasteiger charge is 2.26. The number of hydrogen-bond donors (Lipinski definition) is 1. The van der Waals surface area contributed by atoms with Crippen molar-refractivity contribution in [3.8, 4) is 0 Å². The summed E-state index contributed by atoms with van der Waals surface area (Å²) in [5.74, 6) is -0.612. The van der Waals surface area contributed by atoms with Gasteiger partial charge in [-0.1, -0.05) is 74.3 Å². The fourth-order valence-electron chi connectivity index (χ4n) is 4.27. The van der Waals surface area contributed by atoms with E-state index < -0.39 is 0 Å². The summed E-state index contributed by atoms with van der Waals surface area (Å²) in [4.78, 5) is 29.0. The van der Waals surface area contributed by atoms with Gasteiger partial charge >= 0.3 is 0 Å². The van der Waals surface area contributed by atoms with Crippen molar-refractivity contribution in [3.05, 3.63) is 93.2 Å². The predicted octanol–water partition coefficient (Wildman–Crippen LogP) is 6.03. The molecule has 0 spiro atoms. The molecule has 1 unspecified atom stereocenters. The van der Waals surface area contributed by atoms with Gasteiger partial charge < -0.3 is 14.8 Å². The summed E-state index contributed by atoms with van der Waals surface area (Å²) in [5, 5.41) is 3.87. The number of hydrogen-bond acceptors (Lipinski definition) is 3. The molecule has 1 N–H and O–H groups in total. The van der Waals surface area contributed by atoms with Gasteiger partial charge in [0, 0.05) is 35.9 Å². The number of likely N-dealkylation sites (N-methyl/N-ethyl adjacent to an activating group) is 1. The van der Waals surface area contributed by atoms with Gasteiger partial charge in [-0.2, -0.15) is 0 Å². The molecule has 0 aliphatic carbocycles. The van der Waals surface area contributed by atoms with Crippen LogP contribution in [0.5, 0.6) is 0 Å². The van der Waals surface area contributed by atoms with Crippen molar-refractivity contribution in [2.24, 2.45) is 0 Å². The number of nitrogens with zero attached hydrogens (tertiary/aromatic N) is 2.